The van der Waals surface area contributed by atoms with E-state index in [9.17, 15) is 18.5 Å². The lowest BCUT2D eigenvalue weighted by Gasteiger charge is -2.00. The van der Waals surface area contributed by atoms with E-state index in [2.05, 4.69) is 10.2 Å². The average molecular weight is 303 g/mol. The van der Waals surface area contributed by atoms with Gasteiger partial charge in [0.1, 0.15) is 22.9 Å². The minimum atomic E-state index is -1.26. The summed E-state index contributed by atoms with van der Waals surface area (Å²) in [5.41, 5.74) is -0.755. The number of nitrogens with zero attached hydrogens (tertiary/aromatic N) is 3. The van der Waals surface area contributed by atoms with Crippen LogP contribution in [0.4, 0.5) is 14.6 Å². The number of fused-ring (bicyclic) bond motifs is 1. The maximum absolute atomic E-state index is 13.9. The number of aromatic carboxylic acids is 1. The zero-order chi connectivity index (χ0) is 15.9. The smallest absolute Gasteiger partial charge is 0.339 e. The van der Waals surface area contributed by atoms with Gasteiger partial charge in [-0.3, -0.25) is 4.40 Å². The van der Waals surface area contributed by atoms with Crippen molar-refractivity contribution in [2.45, 2.75) is 0 Å². The molecule has 6 nitrogen and oxygen atoms in total. The van der Waals surface area contributed by atoms with Gasteiger partial charge in [-0.15, -0.1) is 4.91 Å². The minimum Gasteiger partial charge on any atom is -0.478 e. The van der Waals surface area contributed by atoms with Gasteiger partial charge in [-0.1, -0.05) is 0 Å². The largest absolute Gasteiger partial charge is 0.478 e. The number of carboxylic acids is 1. The van der Waals surface area contributed by atoms with Crippen LogP contribution in [-0.2, 0) is 0 Å². The van der Waals surface area contributed by atoms with Crippen LogP contribution in [0, 0.1) is 16.5 Å². The van der Waals surface area contributed by atoms with Crippen molar-refractivity contribution in [3.05, 3.63) is 58.6 Å². The highest BCUT2D eigenvalue weighted by molar-refractivity contribution is 5.95. The molecule has 22 heavy (non-hydrogen) atoms. The Labute approximate surface area is 121 Å². The Morgan fingerprint density at radius 1 is 1.27 bits per heavy atom. The van der Waals surface area contributed by atoms with Gasteiger partial charge >= 0.3 is 5.97 Å². The van der Waals surface area contributed by atoms with Crippen LogP contribution in [0.1, 0.15) is 10.4 Å². The molecule has 1 aromatic carbocycles. The number of halogens is 2. The molecule has 3 rings (SSSR count). The second-order valence-electron chi connectivity index (χ2n) is 4.42. The summed E-state index contributed by atoms with van der Waals surface area (Å²) >= 11 is 0. The molecule has 0 spiro atoms. The third-order valence-electron chi connectivity index (χ3n) is 3.13. The molecular formula is C14H7F2N3O3. The predicted molar refractivity (Wildman–Crippen MR) is 73.0 cm³/mol. The molecule has 0 amide bonds. The van der Waals surface area contributed by atoms with E-state index in [1.165, 1.54) is 18.3 Å². The van der Waals surface area contributed by atoms with Crippen molar-refractivity contribution in [1.29, 1.82) is 0 Å². The van der Waals surface area contributed by atoms with E-state index in [0.717, 1.165) is 22.6 Å². The number of pyridine rings is 1. The average Bonchev–Trinajstić information content (AvgIpc) is 2.87. The Balaban J connectivity index is 2.40. The molecule has 110 valence electrons. The number of imidazole rings is 1. The van der Waals surface area contributed by atoms with Crippen molar-refractivity contribution in [2.75, 3.05) is 0 Å². The first-order chi connectivity index (χ1) is 10.5. The molecule has 0 saturated heterocycles. The monoisotopic (exact) mass is 303 g/mol. The van der Waals surface area contributed by atoms with E-state index in [-0.39, 0.29) is 28.3 Å². The molecule has 2 heterocycles. The van der Waals surface area contributed by atoms with Gasteiger partial charge in [-0.25, -0.2) is 18.6 Å². The van der Waals surface area contributed by atoms with Crippen molar-refractivity contribution in [2.24, 2.45) is 5.18 Å². The molecule has 0 unspecified atom stereocenters. The highest BCUT2D eigenvalue weighted by Crippen LogP contribution is 2.33. The van der Waals surface area contributed by atoms with Crippen molar-refractivity contribution < 1.29 is 18.7 Å². The van der Waals surface area contributed by atoms with Crippen molar-refractivity contribution in [3.63, 3.8) is 0 Å². The van der Waals surface area contributed by atoms with Gasteiger partial charge < -0.3 is 5.11 Å². The molecule has 0 aliphatic heterocycles. The zero-order valence-corrected chi connectivity index (χ0v) is 10.8. The van der Waals surface area contributed by atoms with Crippen LogP contribution in [0.25, 0.3) is 16.9 Å². The number of aromatic nitrogens is 2. The second kappa shape index (κ2) is 4.99. The van der Waals surface area contributed by atoms with Gasteiger partial charge in [0.25, 0.3) is 0 Å². The quantitative estimate of drug-likeness (QED) is 0.752. The summed E-state index contributed by atoms with van der Waals surface area (Å²) in [6.07, 6.45) is 1.37. The van der Waals surface area contributed by atoms with Crippen LogP contribution in [-0.4, -0.2) is 20.5 Å². The van der Waals surface area contributed by atoms with Crippen LogP contribution in [0.2, 0.25) is 0 Å². The lowest BCUT2D eigenvalue weighted by Crippen LogP contribution is -1.99. The maximum atomic E-state index is 13.9. The van der Waals surface area contributed by atoms with E-state index < -0.39 is 17.6 Å². The van der Waals surface area contributed by atoms with Crippen molar-refractivity contribution in [3.8, 4) is 11.3 Å². The first kappa shape index (κ1) is 13.8. The van der Waals surface area contributed by atoms with Gasteiger partial charge in [0.05, 0.1) is 0 Å². The minimum absolute atomic E-state index is 0.0803. The molecule has 0 aliphatic rings. The van der Waals surface area contributed by atoms with Crippen LogP contribution in [0.3, 0.4) is 0 Å². The van der Waals surface area contributed by atoms with Gasteiger partial charge in [-0.05, 0) is 35.5 Å². The third kappa shape index (κ3) is 2.01. The van der Waals surface area contributed by atoms with Crippen molar-refractivity contribution >= 4 is 17.4 Å². The molecule has 0 fully saturated rings. The standard InChI is InChI=1S/C14H7F2N3O3/c15-7-3-4-10(16)9(6-7)11-13(18-22)19-5-1-2-8(14(20)21)12(19)17-11/h1-6H,(H,20,21). The number of hydrogen-bond acceptors (Lipinski definition) is 4. The fraction of sp³-hybridized carbons (Fsp3) is 0. The first-order valence-corrected chi connectivity index (χ1v) is 6.06. The molecule has 0 saturated carbocycles. The summed E-state index contributed by atoms with van der Waals surface area (Å²) in [5.74, 6) is -3.09. The van der Waals surface area contributed by atoms with Gasteiger partial charge in [0, 0.05) is 11.8 Å². The van der Waals surface area contributed by atoms with Gasteiger partial charge in [0.15, 0.2) is 5.65 Å². The topological polar surface area (TPSA) is 84.0 Å². The molecule has 0 aliphatic carbocycles. The van der Waals surface area contributed by atoms with Crippen LogP contribution >= 0.6 is 0 Å². The summed E-state index contributed by atoms with van der Waals surface area (Å²) < 4.78 is 28.3. The molecule has 0 bridgehead atoms. The lowest BCUT2D eigenvalue weighted by molar-refractivity contribution is 0.0698. The number of hydrogen-bond donors (Lipinski definition) is 1. The number of nitroso groups, excluding NO2 is 1. The van der Waals surface area contributed by atoms with E-state index in [4.69, 9.17) is 5.11 Å². The second-order valence-corrected chi connectivity index (χ2v) is 4.42. The SMILES string of the molecule is O=Nc1c(-c2cc(F)ccc2F)nc2c(C(=O)O)cccn12. The normalized spacial score (nSPS) is 10.8. The van der Waals surface area contributed by atoms with Gasteiger partial charge in [-0.2, -0.15) is 0 Å². The first-order valence-electron chi connectivity index (χ1n) is 6.06. The Kier molecular flexibility index (Phi) is 3.13. The highest BCUT2D eigenvalue weighted by Gasteiger charge is 2.21. The van der Waals surface area contributed by atoms with E-state index in [1.807, 2.05) is 0 Å². The fourth-order valence-electron chi connectivity index (χ4n) is 2.17. The fourth-order valence-corrected chi connectivity index (χ4v) is 2.17. The van der Waals surface area contributed by atoms with E-state index in [1.54, 1.807) is 0 Å². The molecule has 3 aromatic rings. The third-order valence-corrected chi connectivity index (χ3v) is 3.13. The van der Waals surface area contributed by atoms with Crippen LogP contribution < -0.4 is 0 Å². The molecule has 0 radical (unpaired) electrons. The number of carbonyl (C=O) groups is 1. The van der Waals surface area contributed by atoms with Crippen molar-refractivity contribution in [1.82, 2.24) is 9.38 Å². The highest BCUT2D eigenvalue weighted by atomic mass is 19.1. The van der Waals surface area contributed by atoms with Crippen LogP contribution in [0.15, 0.2) is 41.7 Å². The zero-order valence-electron chi connectivity index (χ0n) is 10.8. The molecule has 8 heteroatoms. The Hall–Kier alpha value is -3.16. The number of rotatable bonds is 3. The number of carboxylic acid groups (broad SMARTS) is 1. The Bertz CT molecular complexity index is 921. The molecule has 0 atom stereocenters. The van der Waals surface area contributed by atoms with E-state index in [0.29, 0.717) is 0 Å². The Morgan fingerprint density at radius 3 is 2.73 bits per heavy atom. The van der Waals surface area contributed by atoms with Crippen LogP contribution in [0.5, 0.6) is 0 Å². The summed E-state index contributed by atoms with van der Waals surface area (Å²) in [4.78, 5) is 26.2. The van der Waals surface area contributed by atoms with E-state index >= 15 is 0 Å². The lowest BCUT2D eigenvalue weighted by atomic mass is 10.1. The summed E-state index contributed by atoms with van der Waals surface area (Å²) in [7, 11) is 0. The predicted octanol–water partition coefficient (Wildman–Crippen LogP) is 3.38. The van der Waals surface area contributed by atoms with Gasteiger partial charge in [0.2, 0.25) is 5.82 Å². The Morgan fingerprint density at radius 2 is 2.05 bits per heavy atom. The number of benzene rings is 1. The summed E-state index contributed by atoms with van der Waals surface area (Å²) in [6, 6.07) is 5.35. The molecule has 1 N–H and O–H groups in total. The summed E-state index contributed by atoms with van der Waals surface area (Å²) in [5, 5.41) is 11.9. The summed E-state index contributed by atoms with van der Waals surface area (Å²) in [6.45, 7) is 0. The molecule has 2 aromatic heterocycles. The molecular weight excluding hydrogens is 296 g/mol. The maximum Gasteiger partial charge on any atom is 0.339 e.